The maximum absolute atomic E-state index is 12.8. The summed E-state index contributed by atoms with van der Waals surface area (Å²) in [5.41, 5.74) is 1.38. The highest BCUT2D eigenvalue weighted by Gasteiger charge is 2.14. The van der Waals surface area contributed by atoms with Crippen LogP contribution in [0.3, 0.4) is 0 Å². The highest BCUT2D eigenvalue weighted by atomic mass is 35.5. The molecule has 0 bridgehead atoms. The summed E-state index contributed by atoms with van der Waals surface area (Å²) in [7, 11) is 0. The number of halogens is 1. The molecule has 0 saturated heterocycles. The normalized spacial score (nSPS) is 12.0. The molecule has 0 fully saturated rings. The predicted octanol–water partition coefficient (Wildman–Crippen LogP) is 4.59. The number of aromatic nitrogens is 3. The Kier molecular flexibility index (Phi) is 5.92. The molecule has 5 nitrogen and oxygen atoms in total. The summed E-state index contributed by atoms with van der Waals surface area (Å²) in [6.07, 6.45) is 5.14. The van der Waals surface area contributed by atoms with Gasteiger partial charge in [0.25, 0.3) is 5.56 Å². The van der Waals surface area contributed by atoms with Crippen molar-refractivity contribution in [2.45, 2.75) is 26.2 Å². The summed E-state index contributed by atoms with van der Waals surface area (Å²) in [5.74, 6) is 1.23. The standard InChI is InChI=1S/C22H20ClN3O2S/c1-2-3-8-13-28-18-12-7-4-9-15(18)14-19-21(27)26-22(29-19)24-20(25-26)16-10-5-6-11-17(16)23/h4-7,9-12,14H,2-3,8,13H2,1H3. The zero-order valence-electron chi connectivity index (χ0n) is 16.0. The zero-order chi connectivity index (χ0) is 20.2. The summed E-state index contributed by atoms with van der Waals surface area (Å²) in [4.78, 5) is 17.9. The lowest BCUT2D eigenvalue weighted by Gasteiger charge is -2.08. The topological polar surface area (TPSA) is 56.5 Å². The van der Waals surface area contributed by atoms with Gasteiger partial charge in [-0.15, -0.1) is 5.10 Å². The van der Waals surface area contributed by atoms with Crippen molar-refractivity contribution in [3.8, 4) is 17.1 Å². The minimum absolute atomic E-state index is 0.198. The van der Waals surface area contributed by atoms with Gasteiger partial charge in [-0.3, -0.25) is 4.79 Å². The fourth-order valence-electron chi connectivity index (χ4n) is 3.00. The van der Waals surface area contributed by atoms with Gasteiger partial charge in [0.05, 0.1) is 16.2 Å². The first kappa shape index (κ1) is 19.6. The van der Waals surface area contributed by atoms with Gasteiger partial charge in [0.2, 0.25) is 4.96 Å². The van der Waals surface area contributed by atoms with Gasteiger partial charge in [0, 0.05) is 11.1 Å². The van der Waals surface area contributed by atoms with Crippen molar-refractivity contribution in [3.63, 3.8) is 0 Å². The van der Waals surface area contributed by atoms with Gasteiger partial charge in [0.15, 0.2) is 5.82 Å². The molecule has 0 aliphatic rings. The zero-order valence-corrected chi connectivity index (χ0v) is 17.5. The van der Waals surface area contributed by atoms with Gasteiger partial charge < -0.3 is 4.74 Å². The first-order valence-corrected chi connectivity index (χ1v) is 10.7. The van der Waals surface area contributed by atoms with Crippen molar-refractivity contribution in [2.75, 3.05) is 6.61 Å². The molecule has 0 aliphatic heterocycles. The van der Waals surface area contributed by atoms with Crippen LogP contribution in [0.15, 0.2) is 53.3 Å². The molecule has 0 unspecified atom stereocenters. The summed E-state index contributed by atoms with van der Waals surface area (Å²) in [6, 6.07) is 15.1. The van der Waals surface area contributed by atoms with Crippen LogP contribution in [0.2, 0.25) is 5.02 Å². The number of fused-ring (bicyclic) bond motifs is 1. The van der Waals surface area contributed by atoms with Gasteiger partial charge in [-0.25, -0.2) is 0 Å². The Labute approximate surface area is 177 Å². The number of hydrogen-bond acceptors (Lipinski definition) is 5. The van der Waals surface area contributed by atoms with Crippen LogP contribution < -0.4 is 14.8 Å². The van der Waals surface area contributed by atoms with Gasteiger partial charge in [-0.1, -0.05) is 73.0 Å². The SMILES string of the molecule is CCCCCOc1ccccc1C=c1sc2nc(-c3ccccc3Cl)nn2c1=O. The molecule has 148 valence electrons. The number of ether oxygens (including phenoxy) is 1. The van der Waals surface area contributed by atoms with E-state index in [1.54, 1.807) is 6.07 Å². The second-order valence-corrected chi connectivity index (χ2v) is 8.04. The second kappa shape index (κ2) is 8.76. The van der Waals surface area contributed by atoms with E-state index in [4.69, 9.17) is 16.3 Å². The summed E-state index contributed by atoms with van der Waals surface area (Å²) < 4.78 is 7.81. The number of thiazole rings is 1. The van der Waals surface area contributed by atoms with E-state index in [0.29, 0.717) is 32.5 Å². The lowest BCUT2D eigenvalue weighted by atomic mass is 10.2. The van der Waals surface area contributed by atoms with Crippen LogP contribution in [0.5, 0.6) is 5.75 Å². The third kappa shape index (κ3) is 4.18. The highest BCUT2D eigenvalue weighted by molar-refractivity contribution is 7.15. The van der Waals surface area contributed by atoms with Crippen molar-refractivity contribution in [1.82, 2.24) is 14.6 Å². The third-order valence-electron chi connectivity index (χ3n) is 4.51. The molecule has 7 heteroatoms. The largest absolute Gasteiger partial charge is 0.493 e. The maximum Gasteiger partial charge on any atom is 0.291 e. The van der Waals surface area contributed by atoms with Gasteiger partial charge >= 0.3 is 0 Å². The van der Waals surface area contributed by atoms with Crippen molar-refractivity contribution in [2.24, 2.45) is 0 Å². The Hall–Kier alpha value is -2.70. The predicted molar refractivity (Wildman–Crippen MR) is 118 cm³/mol. The summed E-state index contributed by atoms with van der Waals surface area (Å²) in [5, 5.41) is 4.92. The molecule has 0 N–H and O–H groups in total. The monoisotopic (exact) mass is 425 g/mol. The Morgan fingerprint density at radius 1 is 1.14 bits per heavy atom. The van der Waals surface area contributed by atoms with Crippen LogP contribution in [0.25, 0.3) is 22.4 Å². The first-order valence-electron chi connectivity index (χ1n) is 9.55. The van der Waals surface area contributed by atoms with Gasteiger partial charge in [0.1, 0.15) is 5.75 Å². The van der Waals surface area contributed by atoms with Crippen LogP contribution in [-0.4, -0.2) is 21.2 Å². The van der Waals surface area contributed by atoms with Crippen molar-refractivity contribution in [1.29, 1.82) is 0 Å². The smallest absolute Gasteiger partial charge is 0.291 e. The molecule has 0 atom stereocenters. The Morgan fingerprint density at radius 3 is 2.72 bits per heavy atom. The third-order valence-corrected chi connectivity index (χ3v) is 5.80. The van der Waals surface area contributed by atoms with Gasteiger partial charge in [-0.2, -0.15) is 9.50 Å². The second-order valence-electron chi connectivity index (χ2n) is 6.62. The number of nitrogens with zero attached hydrogens (tertiary/aromatic N) is 3. The van der Waals surface area contributed by atoms with E-state index in [0.717, 1.165) is 30.6 Å². The van der Waals surface area contributed by atoms with E-state index in [-0.39, 0.29) is 5.56 Å². The van der Waals surface area contributed by atoms with Crippen molar-refractivity contribution in [3.05, 3.63) is 74.0 Å². The van der Waals surface area contributed by atoms with Crippen molar-refractivity contribution < 1.29 is 4.74 Å². The van der Waals surface area contributed by atoms with Crippen LogP contribution in [0.1, 0.15) is 31.7 Å². The molecule has 0 amide bonds. The Bertz CT molecular complexity index is 1250. The number of unbranched alkanes of at least 4 members (excludes halogenated alkanes) is 2. The highest BCUT2D eigenvalue weighted by Crippen LogP contribution is 2.25. The summed E-state index contributed by atoms with van der Waals surface area (Å²) in [6.45, 7) is 2.83. The molecule has 4 rings (SSSR count). The average Bonchev–Trinajstić information content (AvgIpc) is 3.26. The van der Waals surface area contributed by atoms with Crippen LogP contribution in [0.4, 0.5) is 0 Å². The molecular weight excluding hydrogens is 406 g/mol. The molecule has 0 aliphatic carbocycles. The first-order chi connectivity index (χ1) is 14.2. The van der Waals surface area contributed by atoms with Crippen LogP contribution >= 0.6 is 22.9 Å². The Morgan fingerprint density at radius 2 is 1.93 bits per heavy atom. The van der Waals surface area contributed by atoms with Crippen LogP contribution in [0, 0.1) is 0 Å². The molecule has 29 heavy (non-hydrogen) atoms. The maximum atomic E-state index is 12.8. The minimum Gasteiger partial charge on any atom is -0.493 e. The summed E-state index contributed by atoms with van der Waals surface area (Å²) >= 11 is 7.53. The molecule has 2 heterocycles. The van der Waals surface area contributed by atoms with E-state index in [1.165, 1.54) is 15.9 Å². The fraction of sp³-hybridized carbons (Fsp3) is 0.227. The van der Waals surface area contributed by atoms with Crippen LogP contribution in [-0.2, 0) is 0 Å². The van der Waals surface area contributed by atoms with E-state index in [9.17, 15) is 4.79 Å². The molecule has 4 aromatic rings. The quantitative estimate of drug-likeness (QED) is 0.406. The number of benzene rings is 2. The molecule has 2 aromatic carbocycles. The van der Waals surface area contributed by atoms with E-state index in [1.807, 2.05) is 48.5 Å². The van der Waals surface area contributed by atoms with E-state index < -0.39 is 0 Å². The minimum atomic E-state index is -0.198. The average molecular weight is 426 g/mol. The molecule has 0 saturated carbocycles. The van der Waals surface area contributed by atoms with E-state index in [2.05, 4.69) is 17.0 Å². The molecular formula is C22H20ClN3O2S. The van der Waals surface area contributed by atoms with Crippen molar-refractivity contribution >= 4 is 34.0 Å². The fourth-order valence-corrected chi connectivity index (χ4v) is 4.12. The molecule has 0 spiro atoms. The number of hydrogen-bond donors (Lipinski definition) is 0. The number of para-hydroxylation sites is 1. The number of rotatable bonds is 7. The van der Waals surface area contributed by atoms with Gasteiger partial charge in [-0.05, 0) is 30.7 Å². The Balaban J connectivity index is 1.68. The molecule has 2 aromatic heterocycles. The molecule has 0 radical (unpaired) electrons. The van der Waals surface area contributed by atoms with E-state index >= 15 is 0 Å². The lowest BCUT2D eigenvalue weighted by molar-refractivity contribution is 0.305. The lowest BCUT2D eigenvalue weighted by Crippen LogP contribution is -2.23.